The van der Waals surface area contributed by atoms with Gasteiger partial charge < -0.3 is 19.1 Å². The average Bonchev–Trinajstić information content (AvgIpc) is 3.25. The maximum atomic E-state index is 12.6. The van der Waals surface area contributed by atoms with Gasteiger partial charge in [0.25, 0.3) is 0 Å². The molecule has 190 valence electrons. The van der Waals surface area contributed by atoms with Crippen molar-refractivity contribution in [2.75, 3.05) is 25.2 Å². The number of carboxylic acids is 1. The zero-order valence-electron chi connectivity index (χ0n) is 21.1. The molecule has 0 radical (unpaired) electrons. The number of methoxy groups -OCH3 is 1. The molecule has 0 bridgehead atoms. The number of carboxylic acid groups (broad SMARTS) is 1. The zero-order valence-corrected chi connectivity index (χ0v) is 21.1. The number of hydrogen-bond donors (Lipinski definition) is 1. The molecule has 3 atom stereocenters. The molecule has 36 heavy (non-hydrogen) atoms. The molecule has 2 aliphatic heterocycles. The fourth-order valence-electron chi connectivity index (χ4n) is 5.72. The van der Waals surface area contributed by atoms with Crippen LogP contribution in [0.15, 0.2) is 36.4 Å². The van der Waals surface area contributed by atoms with Gasteiger partial charge in [-0.15, -0.1) is 0 Å². The lowest BCUT2D eigenvalue weighted by Gasteiger charge is -2.34. The second-order valence-electron chi connectivity index (χ2n) is 9.94. The van der Waals surface area contributed by atoms with E-state index in [9.17, 15) is 14.7 Å². The van der Waals surface area contributed by atoms with Crippen molar-refractivity contribution in [1.29, 1.82) is 0 Å². The van der Waals surface area contributed by atoms with Crippen LogP contribution in [0, 0.1) is 6.92 Å². The molecule has 1 amide bonds. The van der Waals surface area contributed by atoms with Crippen molar-refractivity contribution in [2.24, 2.45) is 0 Å². The van der Waals surface area contributed by atoms with Crippen molar-refractivity contribution in [1.82, 2.24) is 9.55 Å². The number of benzene rings is 2. The lowest BCUT2D eigenvalue weighted by Crippen LogP contribution is -2.42. The molecule has 3 heterocycles. The zero-order chi connectivity index (χ0) is 25.4. The standard InChI is InChI=1S/C28H33N3O5/c1-17-6-4-7-19(14-17)22(27(32)33)15-25-29-26-21-10-9-18(2)30(28(34)35-3)23(21)11-12-24(26)31(25)20-8-5-13-36-16-20/h4,6-7,11-12,14,18,20,22H,5,8-10,13,15-16H2,1-3H3,(H,32,33)/t18-,20-,22?/m0/s1. The number of carbonyl (C=O) groups is 2. The van der Waals surface area contributed by atoms with Crippen LogP contribution in [0.4, 0.5) is 10.5 Å². The summed E-state index contributed by atoms with van der Waals surface area (Å²) in [6.45, 7) is 5.30. The molecule has 2 aromatic carbocycles. The summed E-state index contributed by atoms with van der Waals surface area (Å²) in [5.74, 6) is -0.842. The number of carbonyl (C=O) groups excluding carboxylic acids is 1. The Labute approximate surface area is 210 Å². The quantitative estimate of drug-likeness (QED) is 0.539. The minimum Gasteiger partial charge on any atom is -0.481 e. The molecular formula is C28H33N3O5. The first-order chi connectivity index (χ1) is 17.4. The predicted molar refractivity (Wildman–Crippen MR) is 137 cm³/mol. The van der Waals surface area contributed by atoms with Gasteiger partial charge in [-0.1, -0.05) is 29.8 Å². The van der Waals surface area contributed by atoms with E-state index in [1.165, 1.54) is 7.11 Å². The molecule has 1 N–H and O–H groups in total. The maximum absolute atomic E-state index is 12.6. The first-order valence-electron chi connectivity index (χ1n) is 12.7. The SMILES string of the molecule is COC(=O)N1c2ccc3c(nc(CC(C(=O)O)c4cccc(C)c4)n3[C@H]3CCCOC3)c2CC[C@@H]1C. The van der Waals surface area contributed by atoms with Gasteiger partial charge in [0.15, 0.2) is 0 Å². The van der Waals surface area contributed by atoms with Crippen LogP contribution in [-0.4, -0.2) is 53.1 Å². The summed E-state index contributed by atoms with van der Waals surface area (Å²) < 4.78 is 13.1. The Morgan fingerprint density at radius 2 is 2.08 bits per heavy atom. The van der Waals surface area contributed by atoms with E-state index in [0.717, 1.165) is 71.5 Å². The van der Waals surface area contributed by atoms with Crippen LogP contribution >= 0.6 is 0 Å². The molecule has 8 nitrogen and oxygen atoms in total. The fraction of sp³-hybridized carbons (Fsp3) is 0.464. The molecule has 3 aromatic rings. The van der Waals surface area contributed by atoms with E-state index in [1.807, 2.05) is 50.2 Å². The number of aryl methyl sites for hydroxylation is 2. The molecule has 0 saturated carbocycles. The van der Waals surface area contributed by atoms with E-state index >= 15 is 0 Å². The summed E-state index contributed by atoms with van der Waals surface area (Å²) in [7, 11) is 1.40. The third-order valence-corrected chi connectivity index (χ3v) is 7.53. The van der Waals surface area contributed by atoms with Crippen molar-refractivity contribution < 1.29 is 24.2 Å². The first kappa shape index (κ1) is 24.3. The van der Waals surface area contributed by atoms with Crippen LogP contribution < -0.4 is 4.90 Å². The van der Waals surface area contributed by atoms with Crippen molar-refractivity contribution in [2.45, 2.75) is 64.0 Å². The molecule has 1 unspecified atom stereocenters. The number of imidazole rings is 1. The van der Waals surface area contributed by atoms with Crippen LogP contribution in [0.25, 0.3) is 11.0 Å². The monoisotopic (exact) mass is 491 g/mol. The molecule has 1 saturated heterocycles. The van der Waals surface area contributed by atoms with Gasteiger partial charge in [-0.25, -0.2) is 9.78 Å². The van der Waals surface area contributed by atoms with Crippen molar-refractivity contribution in [3.05, 3.63) is 58.9 Å². The number of aliphatic carboxylic acids is 1. The Balaban J connectivity index is 1.65. The van der Waals surface area contributed by atoms with Crippen LogP contribution in [0.5, 0.6) is 0 Å². The van der Waals surface area contributed by atoms with E-state index in [0.29, 0.717) is 6.61 Å². The van der Waals surface area contributed by atoms with Crippen LogP contribution in [-0.2, 0) is 27.1 Å². The Bertz CT molecular complexity index is 1290. The van der Waals surface area contributed by atoms with Gasteiger partial charge in [0.05, 0.1) is 42.4 Å². The van der Waals surface area contributed by atoms with Crippen molar-refractivity contribution >= 4 is 28.8 Å². The molecule has 5 rings (SSSR count). The topological polar surface area (TPSA) is 93.9 Å². The van der Waals surface area contributed by atoms with Gasteiger partial charge in [0.1, 0.15) is 5.82 Å². The van der Waals surface area contributed by atoms with Crippen molar-refractivity contribution in [3.63, 3.8) is 0 Å². The number of anilines is 1. The van der Waals surface area contributed by atoms with Gasteiger partial charge >= 0.3 is 12.1 Å². The second-order valence-corrected chi connectivity index (χ2v) is 9.94. The molecule has 8 heteroatoms. The summed E-state index contributed by atoms with van der Waals surface area (Å²) in [5, 5.41) is 10.2. The molecule has 2 aliphatic rings. The molecule has 1 aromatic heterocycles. The van der Waals surface area contributed by atoms with E-state index in [2.05, 4.69) is 4.57 Å². The van der Waals surface area contributed by atoms with Gasteiger partial charge in [-0.2, -0.15) is 0 Å². The predicted octanol–water partition coefficient (Wildman–Crippen LogP) is 5.01. The molecule has 0 aliphatic carbocycles. The lowest BCUT2D eigenvalue weighted by atomic mass is 9.94. The number of amides is 1. The van der Waals surface area contributed by atoms with Gasteiger partial charge in [0, 0.05) is 24.6 Å². The summed E-state index contributed by atoms with van der Waals surface area (Å²) >= 11 is 0. The Morgan fingerprint density at radius 1 is 1.25 bits per heavy atom. The minimum atomic E-state index is -0.869. The summed E-state index contributed by atoms with van der Waals surface area (Å²) in [5.41, 5.74) is 5.43. The Kier molecular flexibility index (Phi) is 6.71. The molecule has 0 spiro atoms. The highest BCUT2D eigenvalue weighted by molar-refractivity contribution is 5.95. The normalized spacial score (nSPS) is 20.7. The van der Waals surface area contributed by atoms with E-state index in [1.54, 1.807) is 4.90 Å². The number of nitrogens with zero attached hydrogens (tertiary/aromatic N) is 3. The molecular weight excluding hydrogens is 458 g/mol. The van der Waals surface area contributed by atoms with E-state index < -0.39 is 11.9 Å². The Hall–Kier alpha value is -3.39. The minimum absolute atomic E-state index is 0.0217. The third kappa shape index (κ3) is 4.34. The fourth-order valence-corrected chi connectivity index (χ4v) is 5.72. The first-order valence-corrected chi connectivity index (χ1v) is 12.7. The third-order valence-electron chi connectivity index (χ3n) is 7.53. The van der Waals surface area contributed by atoms with Crippen LogP contribution in [0.3, 0.4) is 0 Å². The van der Waals surface area contributed by atoms with Crippen molar-refractivity contribution in [3.8, 4) is 0 Å². The van der Waals surface area contributed by atoms with Crippen LogP contribution in [0.1, 0.15) is 60.7 Å². The molecule has 1 fully saturated rings. The van der Waals surface area contributed by atoms with E-state index in [4.69, 9.17) is 14.5 Å². The average molecular weight is 492 g/mol. The smallest absolute Gasteiger partial charge is 0.414 e. The number of aromatic nitrogens is 2. The lowest BCUT2D eigenvalue weighted by molar-refractivity contribution is -0.138. The highest BCUT2D eigenvalue weighted by Crippen LogP contribution is 2.39. The van der Waals surface area contributed by atoms with Gasteiger partial charge in [-0.3, -0.25) is 9.69 Å². The maximum Gasteiger partial charge on any atom is 0.414 e. The second kappa shape index (κ2) is 9.93. The number of hydrogen-bond acceptors (Lipinski definition) is 5. The van der Waals surface area contributed by atoms with Gasteiger partial charge in [0.2, 0.25) is 0 Å². The summed E-state index contributed by atoms with van der Waals surface area (Å²) in [6.07, 6.45) is 3.38. The number of ether oxygens (including phenoxy) is 2. The summed E-state index contributed by atoms with van der Waals surface area (Å²) in [6, 6.07) is 11.8. The van der Waals surface area contributed by atoms with Gasteiger partial charge in [-0.05, 0) is 57.2 Å². The largest absolute Gasteiger partial charge is 0.481 e. The highest BCUT2D eigenvalue weighted by atomic mass is 16.5. The number of rotatable bonds is 5. The Morgan fingerprint density at radius 3 is 2.78 bits per heavy atom. The summed E-state index contributed by atoms with van der Waals surface area (Å²) in [4.78, 5) is 31.8. The van der Waals surface area contributed by atoms with Crippen LogP contribution in [0.2, 0.25) is 0 Å². The number of fused-ring (bicyclic) bond motifs is 3. The highest BCUT2D eigenvalue weighted by Gasteiger charge is 2.33. The van der Waals surface area contributed by atoms with E-state index in [-0.39, 0.29) is 24.6 Å².